The minimum absolute atomic E-state index is 0.373. The molecule has 6 heteroatoms. The van der Waals surface area contributed by atoms with Crippen LogP contribution in [0.25, 0.3) is 0 Å². The molecule has 0 rings (SSSR count). The van der Waals surface area contributed by atoms with Crippen LogP contribution in [0.4, 0.5) is 0 Å². The number of amides is 1. The molecule has 0 aliphatic carbocycles. The molecule has 0 saturated carbocycles. The Labute approximate surface area is 432 Å². The fourth-order valence-corrected chi connectivity index (χ4v) is 10.3. The number of nitrogens with one attached hydrogen (secondary N) is 1. The van der Waals surface area contributed by atoms with Gasteiger partial charge < -0.3 is 25.7 Å². The van der Waals surface area contributed by atoms with Crippen molar-refractivity contribution in [3.8, 4) is 0 Å². The third kappa shape index (κ3) is 51.7. The molecule has 0 spiro atoms. The van der Waals surface area contributed by atoms with Crippen LogP contribution in [0.2, 0.25) is 0 Å². The van der Waals surface area contributed by atoms with Gasteiger partial charge in [0, 0.05) is 0 Å². The molecule has 412 valence electrons. The van der Waals surface area contributed by atoms with Gasteiger partial charge in [0.1, 0.15) is 12.2 Å². The molecule has 0 aliphatic rings. The lowest BCUT2D eigenvalue weighted by atomic mass is 9.99. The molecule has 0 bridgehead atoms. The fraction of sp³-hybridized carbons (Fsp3) is 0.952. The van der Waals surface area contributed by atoms with Gasteiger partial charge >= 0.3 is 0 Å². The summed E-state index contributed by atoms with van der Waals surface area (Å²) < 4.78 is 0. The van der Waals surface area contributed by atoms with Crippen LogP contribution in [0.15, 0.2) is 12.2 Å². The fourth-order valence-electron chi connectivity index (χ4n) is 10.3. The van der Waals surface area contributed by atoms with Crippen LogP contribution in [0.5, 0.6) is 0 Å². The summed E-state index contributed by atoms with van der Waals surface area (Å²) in [5, 5.41) is 44.2. The van der Waals surface area contributed by atoms with Crippen LogP contribution in [0.1, 0.15) is 354 Å². The van der Waals surface area contributed by atoms with E-state index in [0.717, 1.165) is 38.5 Å². The molecule has 6 nitrogen and oxygen atoms in total. The number of rotatable bonds is 59. The first-order chi connectivity index (χ1) is 34.0. The van der Waals surface area contributed by atoms with Crippen molar-refractivity contribution in [2.45, 2.75) is 379 Å². The van der Waals surface area contributed by atoms with E-state index >= 15 is 0 Å². The van der Waals surface area contributed by atoms with Gasteiger partial charge in [0.25, 0.3) is 0 Å². The van der Waals surface area contributed by atoms with Gasteiger partial charge in [0.05, 0.1) is 18.8 Å². The van der Waals surface area contributed by atoms with Gasteiger partial charge in [0.2, 0.25) is 5.91 Å². The molecule has 0 aromatic heterocycles. The predicted molar refractivity (Wildman–Crippen MR) is 302 cm³/mol. The molecule has 4 atom stereocenters. The summed E-state index contributed by atoms with van der Waals surface area (Å²) in [7, 11) is 0. The van der Waals surface area contributed by atoms with Crippen LogP contribution in [-0.2, 0) is 4.79 Å². The Kier molecular flexibility index (Phi) is 57.1. The van der Waals surface area contributed by atoms with Crippen LogP contribution >= 0.6 is 0 Å². The first-order valence-electron chi connectivity index (χ1n) is 31.6. The van der Waals surface area contributed by atoms with Crippen LogP contribution in [0, 0.1) is 0 Å². The Hall–Kier alpha value is -0.950. The minimum atomic E-state index is -1.26. The summed E-state index contributed by atoms with van der Waals surface area (Å²) in [6.07, 6.45) is 70.2. The van der Waals surface area contributed by atoms with Crippen LogP contribution in [-0.4, -0.2) is 57.3 Å². The Morgan fingerprint density at radius 3 is 0.841 bits per heavy atom. The number of hydrogen-bond donors (Lipinski definition) is 5. The van der Waals surface area contributed by atoms with E-state index in [1.54, 1.807) is 0 Å². The van der Waals surface area contributed by atoms with Gasteiger partial charge in [-0.2, -0.15) is 0 Å². The third-order valence-corrected chi connectivity index (χ3v) is 15.2. The van der Waals surface area contributed by atoms with Crippen molar-refractivity contribution in [3.63, 3.8) is 0 Å². The average molecular weight is 977 g/mol. The maximum atomic E-state index is 12.6. The summed E-state index contributed by atoms with van der Waals surface area (Å²) >= 11 is 0. The zero-order chi connectivity index (χ0) is 50.2. The van der Waals surface area contributed by atoms with Gasteiger partial charge in [-0.25, -0.2) is 0 Å². The number of carbonyl (C=O) groups excluding carboxylic acids is 1. The van der Waals surface area contributed by atoms with Crippen LogP contribution in [0.3, 0.4) is 0 Å². The van der Waals surface area contributed by atoms with E-state index in [9.17, 15) is 25.2 Å². The molecule has 0 aromatic rings. The summed E-state index contributed by atoms with van der Waals surface area (Å²) in [5.74, 6) is -0.577. The maximum absolute atomic E-state index is 12.6. The molecule has 4 unspecified atom stereocenters. The van der Waals surface area contributed by atoms with E-state index in [0.29, 0.717) is 12.8 Å². The molecule has 0 aromatic carbocycles. The maximum Gasteiger partial charge on any atom is 0.249 e. The molecule has 0 saturated heterocycles. The van der Waals surface area contributed by atoms with E-state index < -0.39 is 36.9 Å². The highest BCUT2D eigenvalue weighted by Gasteiger charge is 2.28. The first-order valence-corrected chi connectivity index (χ1v) is 31.6. The zero-order valence-corrected chi connectivity index (χ0v) is 46.8. The molecule has 0 aliphatic heterocycles. The normalized spacial score (nSPS) is 13.7. The van der Waals surface area contributed by atoms with Crippen molar-refractivity contribution >= 4 is 5.91 Å². The second-order valence-corrected chi connectivity index (χ2v) is 22.1. The number of carbonyl (C=O) groups is 1. The lowest BCUT2D eigenvalue weighted by Crippen LogP contribution is -2.53. The van der Waals surface area contributed by atoms with Gasteiger partial charge in [0.15, 0.2) is 0 Å². The molecule has 5 N–H and O–H groups in total. The highest BCUT2D eigenvalue weighted by molar-refractivity contribution is 5.80. The largest absolute Gasteiger partial charge is 0.394 e. The van der Waals surface area contributed by atoms with Crippen LogP contribution < -0.4 is 5.32 Å². The third-order valence-electron chi connectivity index (χ3n) is 15.2. The van der Waals surface area contributed by atoms with Gasteiger partial charge in [-0.05, 0) is 38.5 Å². The van der Waals surface area contributed by atoms with Crippen molar-refractivity contribution < 1.29 is 25.2 Å². The molecule has 0 fully saturated rings. The lowest BCUT2D eigenvalue weighted by molar-refractivity contribution is -0.132. The lowest BCUT2D eigenvalue weighted by Gasteiger charge is -2.27. The quantitative estimate of drug-likeness (QED) is 0.0308. The van der Waals surface area contributed by atoms with E-state index in [1.807, 2.05) is 0 Å². The number of aliphatic hydroxyl groups is 4. The van der Waals surface area contributed by atoms with Crippen molar-refractivity contribution in [3.05, 3.63) is 12.2 Å². The van der Waals surface area contributed by atoms with Crippen molar-refractivity contribution in [1.29, 1.82) is 0 Å². The number of hydrogen-bond acceptors (Lipinski definition) is 5. The van der Waals surface area contributed by atoms with E-state index in [1.165, 1.54) is 289 Å². The van der Waals surface area contributed by atoms with Crippen molar-refractivity contribution in [2.75, 3.05) is 6.61 Å². The van der Waals surface area contributed by atoms with Gasteiger partial charge in [-0.3, -0.25) is 4.79 Å². The first kappa shape index (κ1) is 68.0. The number of allylic oxidation sites excluding steroid dienone is 2. The molecular weight excluding hydrogens is 851 g/mol. The summed E-state index contributed by atoms with van der Waals surface area (Å²) in [5.41, 5.74) is 0. The standard InChI is InChI=1S/C63H125NO5/c1-3-5-7-9-11-13-15-17-19-21-23-25-27-29-30-31-32-33-35-37-39-41-43-45-47-49-51-53-55-57-61(67)63(69)64-59(58-65)62(68)60(66)56-54-52-50-48-46-44-42-40-38-36-34-28-26-24-22-20-18-16-14-12-10-8-6-4-2/h29-30,59-62,65-68H,3-28,31-58H2,1-2H3,(H,64,69)/b30-29-. The van der Waals surface area contributed by atoms with E-state index in [-0.39, 0.29) is 0 Å². The predicted octanol–water partition coefficient (Wildman–Crippen LogP) is 18.8. The molecular formula is C63H125NO5. The molecule has 0 radical (unpaired) electrons. The summed E-state index contributed by atoms with van der Waals surface area (Å²) in [6.45, 7) is 4.11. The highest BCUT2D eigenvalue weighted by atomic mass is 16.3. The summed E-state index contributed by atoms with van der Waals surface area (Å²) in [6, 6.07) is -0.984. The minimum Gasteiger partial charge on any atom is -0.394 e. The average Bonchev–Trinajstić information content (AvgIpc) is 3.35. The SMILES string of the molecule is CCCCCCCCCCCCCC/C=C\CCCCCCCCCCCCCCCC(O)C(=O)NC(CO)C(O)C(O)CCCCCCCCCCCCCCCCCCCCCCCCCC. The zero-order valence-electron chi connectivity index (χ0n) is 46.8. The number of aliphatic hydroxyl groups excluding tert-OH is 4. The van der Waals surface area contributed by atoms with Gasteiger partial charge in [-0.1, -0.05) is 328 Å². The Bertz CT molecular complexity index is 1010. The Morgan fingerprint density at radius 2 is 0.580 bits per heavy atom. The Morgan fingerprint density at radius 1 is 0.348 bits per heavy atom. The van der Waals surface area contributed by atoms with Gasteiger partial charge in [-0.15, -0.1) is 0 Å². The second kappa shape index (κ2) is 57.9. The highest BCUT2D eigenvalue weighted by Crippen LogP contribution is 2.19. The smallest absolute Gasteiger partial charge is 0.249 e. The van der Waals surface area contributed by atoms with Crippen molar-refractivity contribution in [2.24, 2.45) is 0 Å². The second-order valence-electron chi connectivity index (χ2n) is 22.1. The van der Waals surface area contributed by atoms with E-state index in [2.05, 4.69) is 31.3 Å². The molecule has 1 amide bonds. The molecule has 69 heavy (non-hydrogen) atoms. The van der Waals surface area contributed by atoms with Crippen molar-refractivity contribution in [1.82, 2.24) is 5.32 Å². The Balaban J connectivity index is 3.56. The topological polar surface area (TPSA) is 110 Å². The summed E-state index contributed by atoms with van der Waals surface area (Å²) in [4.78, 5) is 12.6. The monoisotopic (exact) mass is 976 g/mol. The van der Waals surface area contributed by atoms with E-state index in [4.69, 9.17) is 0 Å². The number of unbranched alkanes of at least 4 members (excludes halogenated alkanes) is 48. The molecule has 0 heterocycles.